The zero-order valence-electron chi connectivity index (χ0n) is 23.1. The van der Waals surface area contributed by atoms with Gasteiger partial charge in [0.15, 0.2) is 0 Å². The van der Waals surface area contributed by atoms with Crippen molar-refractivity contribution in [2.45, 2.75) is 73.8 Å². The van der Waals surface area contributed by atoms with Crippen LogP contribution in [0, 0.1) is 20.8 Å². The quantitative estimate of drug-likeness (QED) is 0.264. The summed E-state index contributed by atoms with van der Waals surface area (Å²) in [6.07, 6.45) is 0. The van der Waals surface area contributed by atoms with Crippen molar-refractivity contribution in [3.63, 3.8) is 0 Å². The van der Waals surface area contributed by atoms with E-state index >= 15 is 0 Å². The first-order chi connectivity index (χ1) is 17.5. The molecule has 0 atom stereocenters. The molecule has 0 spiro atoms. The van der Waals surface area contributed by atoms with Gasteiger partial charge in [0.25, 0.3) is 0 Å². The fraction of sp³-hybridized carbons (Fsp3) is 0.355. The number of amidine groups is 2. The van der Waals surface area contributed by atoms with E-state index in [1.54, 1.807) is 0 Å². The Kier molecular flexibility index (Phi) is 9.34. The monoisotopic (exact) mass is 500 g/mol. The number of hydrogen-bond acceptors (Lipinski definition) is 4. The summed E-state index contributed by atoms with van der Waals surface area (Å²) in [6.45, 7) is 15.1. The Bertz CT molecular complexity index is 1200. The highest BCUT2D eigenvalue weighted by Crippen LogP contribution is 2.23. The first-order valence-electron chi connectivity index (χ1n) is 12.8. The molecule has 0 unspecified atom stereocenters. The molecule has 6 heteroatoms. The molecule has 37 heavy (non-hydrogen) atoms. The van der Waals surface area contributed by atoms with Crippen molar-refractivity contribution in [2.75, 3.05) is 0 Å². The lowest BCUT2D eigenvalue weighted by molar-refractivity contribution is 0.297. The maximum absolute atomic E-state index is 6.15. The molecule has 0 aliphatic rings. The summed E-state index contributed by atoms with van der Waals surface area (Å²) >= 11 is 0. The maximum atomic E-state index is 6.15. The van der Waals surface area contributed by atoms with Crippen molar-refractivity contribution in [2.24, 2.45) is 21.5 Å². The van der Waals surface area contributed by atoms with E-state index in [9.17, 15) is 0 Å². The second kappa shape index (κ2) is 12.4. The number of nitrogens with zero attached hydrogens (tertiary/aromatic N) is 2. The molecule has 0 fully saturated rings. The van der Waals surface area contributed by atoms with Crippen LogP contribution in [-0.4, -0.2) is 23.8 Å². The highest BCUT2D eigenvalue weighted by Gasteiger charge is 2.09. The van der Waals surface area contributed by atoms with Gasteiger partial charge in [0.2, 0.25) is 0 Å². The Morgan fingerprint density at radius 3 is 1.41 bits per heavy atom. The van der Waals surface area contributed by atoms with Gasteiger partial charge in [-0.3, -0.25) is 9.98 Å². The van der Waals surface area contributed by atoms with Crippen molar-refractivity contribution >= 4 is 11.7 Å². The Morgan fingerprint density at radius 1 is 0.649 bits per heavy atom. The first kappa shape index (κ1) is 27.8. The number of aryl methyl sites for hydroxylation is 3. The molecule has 0 saturated carbocycles. The number of ether oxygens (including phenoxy) is 2. The normalized spacial score (nSPS) is 12.4. The number of nitrogens with two attached hydrogens (primary N) is 2. The van der Waals surface area contributed by atoms with Gasteiger partial charge in [0.1, 0.15) is 36.4 Å². The van der Waals surface area contributed by atoms with E-state index in [0.717, 1.165) is 50.4 Å². The lowest BCUT2D eigenvalue weighted by Crippen LogP contribution is -2.16. The molecule has 0 saturated heterocycles. The van der Waals surface area contributed by atoms with E-state index in [1.807, 2.05) is 77.9 Å². The molecule has 3 aromatic rings. The van der Waals surface area contributed by atoms with E-state index in [2.05, 4.69) is 35.1 Å². The van der Waals surface area contributed by atoms with Crippen molar-refractivity contribution < 1.29 is 9.47 Å². The summed E-state index contributed by atoms with van der Waals surface area (Å²) in [5.74, 6) is 2.75. The van der Waals surface area contributed by atoms with Crippen LogP contribution < -0.4 is 20.9 Å². The maximum Gasteiger partial charge on any atom is 0.125 e. The standard InChI is InChI=1S/C31H40N4O2/c1-19(2)34-30(32)26-8-10-28(22(6)14-26)36-17-24-12-21(5)13-25(16-24)18-37-29-11-9-27(15-23(29)7)31(33)35-20(3)4/h8-16,19-20H,17-18H2,1-7H3,(H2,32,34)(H2,33,35). The molecule has 4 N–H and O–H groups in total. The van der Waals surface area contributed by atoms with Crippen LogP contribution in [0.4, 0.5) is 0 Å². The smallest absolute Gasteiger partial charge is 0.125 e. The number of benzene rings is 3. The van der Waals surface area contributed by atoms with Crippen molar-refractivity contribution in [3.8, 4) is 11.5 Å². The number of aliphatic imine (C=N–C) groups is 2. The second-order valence-electron chi connectivity index (χ2n) is 10.1. The van der Waals surface area contributed by atoms with Gasteiger partial charge in [-0.1, -0.05) is 17.7 Å². The second-order valence-corrected chi connectivity index (χ2v) is 10.1. The van der Waals surface area contributed by atoms with Crippen LogP contribution in [-0.2, 0) is 13.2 Å². The predicted molar refractivity (Wildman–Crippen MR) is 154 cm³/mol. The summed E-state index contributed by atoms with van der Waals surface area (Å²) in [5.41, 5.74) is 19.4. The van der Waals surface area contributed by atoms with Gasteiger partial charge in [-0.25, -0.2) is 0 Å². The van der Waals surface area contributed by atoms with Gasteiger partial charge in [0, 0.05) is 23.2 Å². The SMILES string of the molecule is Cc1cc(COc2ccc(C(N)=NC(C)C)cc2C)cc(COc2ccc(C(N)=NC(C)C)cc2C)c1. The van der Waals surface area contributed by atoms with Crippen LogP contribution in [0.25, 0.3) is 0 Å². The van der Waals surface area contributed by atoms with E-state index in [-0.39, 0.29) is 12.1 Å². The average molecular weight is 501 g/mol. The molecule has 196 valence electrons. The molecule has 0 aliphatic carbocycles. The topological polar surface area (TPSA) is 95.2 Å². The third kappa shape index (κ3) is 8.10. The van der Waals surface area contributed by atoms with Crippen LogP contribution >= 0.6 is 0 Å². The zero-order valence-corrected chi connectivity index (χ0v) is 23.1. The summed E-state index contributed by atoms with van der Waals surface area (Å²) in [4.78, 5) is 8.86. The minimum atomic E-state index is 0.155. The summed E-state index contributed by atoms with van der Waals surface area (Å²) in [7, 11) is 0. The van der Waals surface area contributed by atoms with Crippen LogP contribution in [0.5, 0.6) is 11.5 Å². The zero-order chi connectivity index (χ0) is 27.1. The van der Waals surface area contributed by atoms with Crippen molar-refractivity contribution in [1.82, 2.24) is 0 Å². The highest BCUT2D eigenvalue weighted by atomic mass is 16.5. The fourth-order valence-corrected chi connectivity index (χ4v) is 4.08. The van der Waals surface area contributed by atoms with E-state index in [1.165, 1.54) is 0 Å². The molecule has 0 aliphatic heterocycles. The third-order valence-corrected chi connectivity index (χ3v) is 5.72. The van der Waals surface area contributed by atoms with E-state index in [4.69, 9.17) is 20.9 Å². The predicted octanol–water partition coefficient (Wildman–Crippen LogP) is 6.00. The van der Waals surface area contributed by atoms with Gasteiger partial charge in [-0.2, -0.15) is 0 Å². The molecule has 3 aromatic carbocycles. The van der Waals surface area contributed by atoms with Crippen molar-refractivity contribution in [1.29, 1.82) is 0 Å². The first-order valence-corrected chi connectivity index (χ1v) is 12.8. The highest BCUT2D eigenvalue weighted by molar-refractivity contribution is 5.98. The molecule has 0 bridgehead atoms. The summed E-state index contributed by atoms with van der Waals surface area (Å²) < 4.78 is 12.3. The lowest BCUT2D eigenvalue weighted by Gasteiger charge is -2.14. The molecule has 3 rings (SSSR count). The van der Waals surface area contributed by atoms with Gasteiger partial charge >= 0.3 is 0 Å². The van der Waals surface area contributed by atoms with E-state index < -0.39 is 0 Å². The minimum Gasteiger partial charge on any atom is -0.489 e. The Hall–Kier alpha value is -3.80. The Labute approximate surface area is 221 Å². The van der Waals surface area contributed by atoms with Crippen LogP contribution in [0.15, 0.2) is 64.6 Å². The largest absolute Gasteiger partial charge is 0.489 e. The third-order valence-electron chi connectivity index (χ3n) is 5.72. The Balaban J connectivity index is 1.66. The molecular formula is C31H40N4O2. The molecule has 0 radical (unpaired) electrons. The van der Waals surface area contributed by atoms with Gasteiger partial charge in [-0.15, -0.1) is 0 Å². The summed E-state index contributed by atoms with van der Waals surface area (Å²) in [6, 6.07) is 18.6. The fourth-order valence-electron chi connectivity index (χ4n) is 4.08. The minimum absolute atomic E-state index is 0.155. The molecule has 0 aromatic heterocycles. The van der Waals surface area contributed by atoms with Crippen molar-refractivity contribution in [3.05, 3.63) is 93.5 Å². The molecular weight excluding hydrogens is 460 g/mol. The van der Waals surface area contributed by atoms with Crippen LogP contribution in [0.2, 0.25) is 0 Å². The van der Waals surface area contributed by atoms with Gasteiger partial charge in [0.05, 0.1) is 0 Å². The van der Waals surface area contributed by atoms with Gasteiger partial charge < -0.3 is 20.9 Å². The molecule has 0 amide bonds. The molecule has 0 heterocycles. The molecule has 6 nitrogen and oxygen atoms in total. The number of hydrogen-bond donors (Lipinski definition) is 2. The average Bonchev–Trinajstić information content (AvgIpc) is 2.81. The van der Waals surface area contributed by atoms with Crippen LogP contribution in [0.1, 0.15) is 66.6 Å². The Morgan fingerprint density at radius 2 is 1.05 bits per heavy atom. The van der Waals surface area contributed by atoms with Gasteiger partial charge in [-0.05, 0) is 113 Å². The lowest BCUT2D eigenvalue weighted by atomic mass is 10.1. The summed E-state index contributed by atoms with van der Waals surface area (Å²) in [5, 5.41) is 0. The van der Waals surface area contributed by atoms with Crippen LogP contribution in [0.3, 0.4) is 0 Å². The van der Waals surface area contributed by atoms with E-state index in [0.29, 0.717) is 24.9 Å². The number of rotatable bonds is 10.